The molecule has 3 aromatic rings. The number of rotatable bonds is 8. The summed E-state index contributed by atoms with van der Waals surface area (Å²) in [7, 11) is -2.72. The van der Waals surface area contributed by atoms with Crippen molar-refractivity contribution in [3.05, 3.63) is 87.9 Å². The molecule has 0 unspecified atom stereocenters. The predicted molar refractivity (Wildman–Crippen MR) is 127 cm³/mol. The van der Waals surface area contributed by atoms with Gasteiger partial charge in [-0.15, -0.1) is 0 Å². The second-order valence-corrected chi connectivity index (χ2v) is 9.60. The van der Waals surface area contributed by atoms with Gasteiger partial charge in [0.2, 0.25) is 15.9 Å². The number of amides is 1. The van der Waals surface area contributed by atoms with Gasteiger partial charge in [0.05, 0.1) is 22.8 Å². The molecule has 0 aliphatic rings. The molecule has 2 N–H and O–H groups in total. The van der Waals surface area contributed by atoms with Crippen molar-refractivity contribution in [3.8, 4) is 5.75 Å². The zero-order chi connectivity index (χ0) is 23.3. The summed E-state index contributed by atoms with van der Waals surface area (Å²) < 4.78 is 34.2. The highest BCUT2D eigenvalue weighted by atomic mass is 35.5. The van der Waals surface area contributed by atoms with Crippen LogP contribution in [0, 0.1) is 6.92 Å². The third-order valence-electron chi connectivity index (χ3n) is 4.72. The number of para-hydroxylation sites is 1. The molecule has 0 aliphatic heterocycles. The largest absolute Gasteiger partial charge is 0.495 e. The first-order valence-corrected chi connectivity index (χ1v) is 11.9. The summed E-state index contributed by atoms with van der Waals surface area (Å²) in [6, 6.07) is 17.6. The first-order chi connectivity index (χ1) is 15.2. The maximum Gasteiger partial charge on any atom is 0.245 e. The Labute approximate surface area is 197 Å². The Morgan fingerprint density at radius 2 is 1.66 bits per heavy atom. The molecule has 0 aliphatic carbocycles. The Morgan fingerprint density at radius 3 is 2.28 bits per heavy atom. The van der Waals surface area contributed by atoms with Crippen molar-refractivity contribution in [1.29, 1.82) is 0 Å². The van der Waals surface area contributed by atoms with Gasteiger partial charge in [0.1, 0.15) is 16.7 Å². The number of hydrogen-bond donors (Lipinski definition) is 2. The van der Waals surface area contributed by atoms with Gasteiger partial charge < -0.3 is 10.1 Å². The van der Waals surface area contributed by atoms with Crippen LogP contribution in [0.3, 0.4) is 0 Å². The second-order valence-electron chi connectivity index (χ2n) is 7.10. The quantitative estimate of drug-likeness (QED) is 0.471. The molecule has 1 amide bonds. The van der Waals surface area contributed by atoms with Gasteiger partial charge in [-0.2, -0.15) is 4.72 Å². The lowest BCUT2D eigenvalue weighted by Gasteiger charge is -2.20. The molecule has 6 nitrogen and oxygen atoms in total. The number of nitrogens with one attached hydrogen (secondary N) is 2. The summed E-state index contributed by atoms with van der Waals surface area (Å²) in [6.07, 6.45) is 0.113. The van der Waals surface area contributed by atoms with Gasteiger partial charge in [0.15, 0.2) is 0 Å². The van der Waals surface area contributed by atoms with Crippen LogP contribution in [0.25, 0.3) is 0 Å². The monoisotopic (exact) mass is 492 g/mol. The predicted octanol–water partition coefficient (Wildman–Crippen LogP) is 4.84. The minimum absolute atomic E-state index is 0.0540. The van der Waals surface area contributed by atoms with E-state index in [2.05, 4.69) is 10.0 Å². The van der Waals surface area contributed by atoms with Crippen molar-refractivity contribution in [2.24, 2.45) is 0 Å². The van der Waals surface area contributed by atoms with E-state index in [1.807, 2.05) is 30.3 Å². The van der Waals surface area contributed by atoms with Gasteiger partial charge in [0, 0.05) is 0 Å². The molecule has 0 saturated carbocycles. The van der Waals surface area contributed by atoms with Crippen molar-refractivity contribution < 1.29 is 17.9 Å². The smallest absolute Gasteiger partial charge is 0.245 e. The second kappa shape index (κ2) is 10.4. The first kappa shape index (κ1) is 24.1. The van der Waals surface area contributed by atoms with E-state index in [0.717, 1.165) is 11.1 Å². The number of hydrogen-bond acceptors (Lipinski definition) is 4. The van der Waals surface area contributed by atoms with Gasteiger partial charge in [-0.3, -0.25) is 4.79 Å². The van der Waals surface area contributed by atoms with Gasteiger partial charge in [-0.1, -0.05) is 65.7 Å². The molecule has 9 heteroatoms. The number of anilines is 1. The molecular formula is C23H22Cl2N2O4S. The Hall–Kier alpha value is -2.58. The lowest BCUT2D eigenvalue weighted by molar-refractivity contribution is -0.117. The highest BCUT2D eigenvalue weighted by Crippen LogP contribution is 2.30. The SMILES string of the molecule is COc1ccc(C)cc1S(=O)(=O)N[C@H](Cc1ccccc1)C(=O)Nc1c(Cl)cccc1Cl. The molecule has 168 valence electrons. The van der Waals surface area contributed by atoms with Gasteiger partial charge in [-0.05, 0) is 48.7 Å². The molecule has 0 saturated heterocycles. The van der Waals surface area contributed by atoms with E-state index in [0.29, 0.717) is 0 Å². The fraction of sp³-hybridized carbons (Fsp3) is 0.174. The van der Waals surface area contributed by atoms with Crippen LogP contribution in [0.15, 0.2) is 71.6 Å². The van der Waals surface area contributed by atoms with Crippen molar-refractivity contribution in [1.82, 2.24) is 4.72 Å². The van der Waals surface area contributed by atoms with Gasteiger partial charge >= 0.3 is 0 Å². The van der Waals surface area contributed by atoms with Gasteiger partial charge in [-0.25, -0.2) is 8.42 Å². The number of carbonyl (C=O) groups is 1. The van der Waals surface area contributed by atoms with Crippen LogP contribution in [-0.4, -0.2) is 27.5 Å². The van der Waals surface area contributed by atoms with Crippen molar-refractivity contribution >= 4 is 44.8 Å². The average Bonchev–Trinajstić information content (AvgIpc) is 2.76. The molecule has 3 aromatic carbocycles. The molecule has 0 heterocycles. The van der Waals surface area contributed by atoms with Crippen LogP contribution in [0.5, 0.6) is 5.75 Å². The molecule has 1 atom stereocenters. The Kier molecular flexibility index (Phi) is 7.79. The summed E-state index contributed by atoms with van der Waals surface area (Å²) in [5.74, 6) is -0.421. The number of ether oxygens (including phenoxy) is 1. The number of methoxy groups -OCH3 is 1. The van der Waals surface area contributed by atoms with Crippen molar-refractivity contribution in [2.75, 3.05) is 12.4 Å². The standard InChI is InChI=1S/C23H22Cl2N2O4S/c1-15-11-12-20(31-2)21(13-15)32(29,30)27-19(14-16-7-4-3-5-8-16)23(28)26-22-17(24)9-6-10-18(22)25/h3-13,19,27H,14H2,1-2H3,(H,26,28)/t19-/m1/s1. The Bertz CT molecular complexity index is 1200. The molecule has 3 rings (SSSR count). The molecule has 0 radical (unpaired) electrons. The number of carbonyl (C=O) groups excluding carboxylic acids is 1. The maximum atomic E-state index is 13.2. The summed E-state index contributed by atoms with van der Waals surface area (Å²) in [4.78, 5) is 13.1. The fourth-order valence-electron chi connectivity index (χ4n) is 3.11. The first-order valence-electron chi connectivity index (χ1n) is 9.67. The third-order valence-corrected chi connectivity index (χ3v) is 6.84. The molecular weight excluding hydrogens is 471 g/mol. The average molecular weight is 493 g/mol. The van der Waals surface area contributed by atoms with E-state index in [1.54, 1.807) is 37.3 Å². The molecule has 32 heavy (non-hydrogen) atoms. The fourth-order valence-corrected chi connectivity index (χ4v) is 5.05. The summed E-state index contributed by atoms with van der Waals surface area (Å²) >= 11 is 12.3. The van der Waals surface area contributed by atoms with Crippen LogP contribution < -0.4 is 14.8 Å². The molecule has 0 spiro atoms. The Morgan fingerprint density at radius 1 is 1.00 bits per heavy atom. The zero-order valence-corrected chi connectivity index (χ0v) is 19.8. The van der Waals surface area contributed by atoms with E-state index in [4.69, 9.17) is 27.9 Å². The third kappa shape index (κ3) is 5.81. The summed E-state index contributed by atoms with van der Waals surface area (Å²) in [6.45, 7) is 1.77. The highest BCUT2D eigenvalue weighted by Gasteiger charge is 2.29. The van der Waals surface area contributed by atoms with Crippen LogP contribution in [0.2, 0.25) is 10.0 Å². The van der Waals surface area contributed by atoms with Crippen LogP contribution in [-0.2, 0) is 21.2 Å². The van der Waals surface area contributed by atoms with E-state index in [-0.39, 0.29) is 32.8 Å². The van der Waals surface area contributed by atoms with E-state index in [9.17, 15) is 13.2 Å². The Balaban J connectivity index is 1.96. The number of sulfonamides is 1. The zero-order valence-electron chi connectivity index (χ0n) is 17.4. The summed E-state index contributed by atoms with van der Waals surface area (Å²) in [5.41, 5.74) is 1.72. The van der Waals surface area contributed by atoms with E-state index < -0.39 is 22.0 Å². The number of halogens is 2. The molecule has 0 bridgehead atoms. The van der Waals surface area contributed by atoms with Crippen molar-refractivity contribution in [3.63, 3.8) is 0 Å². The minimum atomic E-state index is -4.10. The van der Waals surface area contributed by atoms with E-state index in [1.165, 1.54) is 13.2 Å². The lowest BCUT2D eigenvalue weighted by atomic mass is 10.1. The van der Waals surface area contributed by atoms with Crippen molar-refractivity contribution in [2.45, 2.75) is 24.3 Å². The van der Waals surface area contributed by atoms with Crippen LogP contribution >= 0.6 is 23.2 Å². The molecule has 0 fully saturated rings. The van der Waals surface area contributed by atoms with Gasteiger partial charge in [0.25, 0.3) is 0 Å². The minimum Gasteiger partial charge on any atom is -0.495 e. The lowest BCUT2D eigenvalue weighted by Crippen LogP contribution is -2.45. The summed E-state index contributed by atoms with van der Waals surface area (Å²) in [5, 5.41) is 3.14. The van der Waals surface area contributed by atoms with Crippen LogP contribution in [0.1, 0.15) is 11.1 Å². The van der Waals surface area contributed by atoms with Crippen LogP contribution in [0.4, 0.5) is 5.69 Å². The maximum absolute atomic E-state index is 13.2. The topological polar surface area (TPSA) is 84.5 Å². The number of aryl methyl sites for hydroxylation is 1. The highest BCUT2D eigenvalue weighted by molar-refractivity contribution is 7.89. The van der Waals surface area contributed by atoms with E-state index >= 15 is 0 Å². The number of benzene rings is 3. The normalized spacial score (nSPS) is 12.2. The molecule has 0 aromatic heterocycles.